The van der Waals surface area contributed by atoms with Crippen LogP contribution in [-0.4, -0.2) is 370 Å². The van der Waals surface area contributed by atoms with Crippen LogP contribution in [-0.2, 0) is 95.9 Å². The highest BCUT2D eigenvalue weighted by Crippen LogP contribution is 2.29. The average Bonchev–Trinajstić information content (AvgIpc) is 1.60. The van der Waals surface area contributed by atoms with E-state index in [1.54, 1.807) is 34.6 Å². The predicted octanol–water partition coefficient (Wildman–Crippen LogP) is 4.39. The summed E-state index contributed by atoms with van der Waals surface area (Å²) in [4.78, 5) is 261. The molecule has 11 heterocycles. The molecule has 10 atom stereocenters. The Kier molecular flexibility index (Phi) is 50.1. The lowest BCUT2D eigenvalue weighted by molar-refractivity contribution is -0.141. The minimum atomic E-state index is -0.291. The molecule has 0 aromatic carbocycles. The molecular formula is C99H164N18O20. The lowest BCUT2D eigenvalue weighted by Crippen LogP contribution is -2.49. The van der Waals surface area contributed by atoms with E-state index >= 15 is 0 Å². The molecule has 6 N–H and O–H groups in total. The van der Waals surface area contributed by atoms with E-state index in [2.05, 4.69) is 30.2 Å². The second-order valence-electron chi connectivity index (χ2n) is 39.8. The average molecular weight is 1930 g/mol. The maximum Gasteiger partial charge on any atom is 0.232 e. The predicted molar refractivity (Wildman–Crippen MR) is 512 cm³/mol. The Bertz CT molecular complexity index is 4010. The Labute approximate surface area is 811 Å². The summed E-state index contributed by atoms with van der Waals surface area (Å²) in [6, 6.07) is 0. The van der Waals surface area contributed by atoms with Crippen LogP contribution in [0.3, 0.4) is 0 Å². The summed E-state index contributed by atoms with van der Waals surface area (Å²) in [5, 5.41) is 6.81. The number of carbonyl (C=O) groups excluding carboxylic acids is 20. The van der Waals surface area contributed by atoms with E-state index in [0.29, 0.717) is 143 Å². The van der Waals surface area contributed by atoms with Gasteiger partial charge in [0.1, 0.15) is 0 Å². The molecule has 20 amide bonds. The summed E-state index contributed by atoms with van der Waals surface area (Å²) in [7, 11) is 0. The van der Waals surface area contributed by atoms with E-state index in [4.69, 9.17) is 11.5 Å². The van der Waals surface area contributed by atoms with Crippen molar-refractivity contribution in [3.05, 3.63) is 0 Å². The van der Waals surface area contributed by atoms with Crippen molar-refractivity contribution >= 4 is 118 Å². The molecular weight excluding hydrogens is 1760 g/mol. The molecule has 38 heteroatoms. The topological polar surface area (TPSA) is 463 Å². The largest absolute Gasteiger partial charge is 0.330 e. The molecule has 0 bridgehead atoms. The van der Waals surface area contributed by atoms with Crippen LogP contribution in [0.4, 0.5) is 0 Å². The lowest BCUT2D eigenvalue weighted by Gasteiger charge is -2.35. The maximum atomic E-state index is 12.2. The second kappa shape index (κ2) is 59.6. The normalized spacial score (nSPS) is 24.1. The van der Waals surface area contributed by atoms with Crippen LogP contribution < -0.4 is 22.1 Å². The molecule has 38 nitrogen and oxygen atoms in total. The first-order valence-corrected chi connectivity index (χ1v) is 51.5. The van der Waals surface area contributed by atoms with Crippen molar-refractivity contribution in [3.63, 3.8) is 0 Å². The smallest absolute Gasteiger partial charge is 0.232 e. The Morgan fingerprint density at radius 1 is 0.197 bits per heavy atom. The van der Waals surface area contributed by atoms with Crippen LogP contribution in [0.5, 0.6) is 0 Å². The van der Waals surface area contributed by atoms with Crippen molar-refractivity contribution in [3.8, 4) is 0 Å². The van der Waals surface area contributed by atoms with Crippen LogP contribution in [0.25, 0.3) is 0 Å². The number of nitrogens with zero attached hydrogens (tertiary/aromatic N) is 14. The first-order valence-electron chi connectivity index (χ1n) is 51.5. The summed E-state index contributed by atoms with van der Waals surface area (Å²) < 4.78 is 0. The van der Waals surface area contributed by atoms with Gasteiger partial charge in [-0.25, -0.2) is 0 Å². The summed E-state index contributed by atoms with van der Waals surface area (Å²) in [6.07, 6.45) is 23.5. The standard InChI is InChI=1S/C24H36N4O6.C21H34N4O4.C20H33N3O4.C19H32N4O4.C15H29N3O2/c1-16-13-19(29)26(22(16)32)8-6-4-5-7-25(9-11-27-20(30)14-17(2)23(27)33)10-12-28-21(31)15-18(3)24(28)34;1-16-14-18(26)24(20(16)28)7-5-3-4-6-22-8-10-23(11-9-22)12-13-25-19(27)15-17(2)21(25)29;1-15-13-17(24)22(19(15)26)11-7-3-5-9-21-10-6-4-8-12-23-18(25)14-16(2)20(23)27;1-14-12-16(24)22(18(14)26)8-5-3-4-7-21(9-6-20)10-11-23-17(25)13-15(2)19(23)27;1-13-12-14(19)18(15(13)20)11-7-3-6-10-17-9-5-2-4-8-16/h16-18H,4-15H2,1-3H3;16-17H,3-15H2,1-2H3;15-16,21H,3-14H2,1-2H3;14-15H,3-13,20H2,1-2H3;13,17H,2-12,16H2,1H3. The highest BCUT2D eigenvalue weighted by Gasteiger charge is 2.44. The summed E-state index contributed by atoms with van der Waals surface area (Å²) in [6.45, 7) is 37.3. The van der Waals surface area contributed by atoms with E-state index < -0.39 is 0 Å². The second-order valence-corrected chi connectivity index (χ2v) is 39.8. The Morgan fingerprint density at radius 3 is 0.591 bits per heavy atom. The van der Waals surface area contributed by atoms with Crippen molar-refractivity contribution in [1.82, 2.24) is 79.2 Å². The minimum absolute atomic E-state index is 0.000490. The molecule has 11 saturated heterocycles. The molecule has 11 aliphatic rings. The Morgan fingerprint density at radius 2 is 0.380 bits per heavy atom. The molecule has 11 fully saturated rings. The fraction of sp³-hybridized carbons (Fsp3) is 0.798. The molecule has 0 aromatic rings. The quantitative estimate of drug-likeness (QED) is 0.0484. The number of carbonyl (C=O) groups is 20. The maximum absolute atomic E-state index is 12.2. The van der Waals surface area contributed by atoms with Crippen LogP contribution in [0.2, 0.25) is 0 Å². The van der Waals surface area contributed by atoms with E-state index in [-0.39, 0.29) is 210 Å². The number of hydrogen-bond donors (Lipinski definition) is 4. The Hall–Kier alpha value is -8.92. The monoisotopic (exact) mass is 1930 g/mol. The van der Waals surface area contributed by atoms with Gasteiger partial charge in [-0.05, 0) is 142 Å². The first-order chi connectivity index (χ1) is 65.4. The van der Waals surface area contributed by atoms with Gasteiger partial charge in [-0.3, -0.25) is 155 Å². The zero-order valence-corrected chi connectivity index (χ0v) is 84.1. The third-order valence-electron chi connectivity index (χ3n) is 28.0. The van der Waals surface area contributed by atoms with Gasteiger partial charge in [0.15, 0.2) is 0 Å². The Balaban J connectivity index is 0.000000235. The number of rotatable bonds is 55. The number of hydrogen-bond acceptors (Lipinski definition) is 28. The fourth-order valence-electron chi connectivity index (χ4n) is 19.1. The van der Waals surface area contributed by atoms with Crippen LogP contribution in [0.1, 0.15) is 268 Å². The summed E-state index contributed by atoms with van der Waals surface area (Å²) >= 11 is 0. The highest BCUT2D eigenvalue weighted by molar-refractivity contribution is 6.08. The molecule has 0 radical (unpaired) electrons. The van der Waals surface area contributed by atoms with Gasteiger partial charge >= 0.3 is 0 Å². The third kappa shape index (κ3) is 36.3. The van der Waals surface area contributed by atoms with E-state index in [1.807, 2.05) is 34.6 Å². The lowest BCUT2D eigenvalue weighted by atomic mass is 10.1. The van der Waals surface area contributed by atoms with Gasteiger partial charge in [0, 0.05) is 254 Å². The van der Waals surface area contributed by atoms with Gasteiger partial charge in [0.25, 0.3) is 0 Å². The van der Waals surface area contributed by atoms with Crippen molar-refractivity contribution in [2.75, 3.05) is 183 Å². The van der Waals surface area contributed by atoms with E-state index in [1.165, 1.54) is 61.8 Å². The van der Waals surface area contributed by atoms with E-state index in [9.17, 15) is 95.9 Å². The number of unbranched alkanes of at least 4 members (excludes halogenated alkanes) is 14. The first kappa shape index (κ1) is 115. The SMILES string of the molecule is CC1CC(=O)N(CCCCCN(CCN)CCN2C(=O)CC(C)C2=O)C1=O.CC1CC(=O)N(CCCCCN(CCN2C(=O)CC(C)C2=O)CCN2C(=O)CC(C)C2=O)C1=O.CC1CC(=O)N(CCCCCN2CCN(CCN3C(=O)CC(C)C3=O)CC2)C1=O.CC1CC(=O)N(CCCCCNCCCCCN)C1=O.CC1CC(=O)N(CCCCCNCCCCCN2C(=O)CC(C)C2=O)C1=O. The zero-order chi connectivity index (χ0) is 101. The highest BCUT2D eigenvalue weighted by atomic mass is 16.2. The van der Waals surface area contributed by atoms with Crippen LogP contribution in [0, 0.1) is 59.2 Å². The molecule has 10 unspecified atom stereocenters. The molecule has 137 heavy (non-hydrogen) atoms. The fourth-order valence-corrected chi connectivity index (χ4v) is 19.1. The summed E-state index contributed by atoms with van der Waals surface area (Å²) in [5.74, 6) is -3.27. The molecule has 0 aliphatic carbocycles. The van der Waals surface area contributed by atoms with Gasteiger partial charge in [-0.2, -0.15) is 0 Å². The minimum Gasteiger partial charge on any atom is -0.330 e. The van der Waals surface area contributed by atoms with E-state index in [0.717, 1.165) is 194 Å². The van der Waals surface area contributed by atoms with Crippen LogP contribution >= 0.6 is 0 Å². The molecule has 0 saturated carbocycles. The van der Waals surface area contributed by atoms with Crippen molar-refractivity contribution < 1.29 is 95.9 Å². The number of nitrogens with two attached hydrogens (primary N) is 2. The number of likely N-dealkylation sites (tertiary alicyclic amines) is 10. The zero-order valence-electron chi connectivity index (χ0n) is 84.1. The van der Waals surface area contributed by atoms with Gasteiger partial charge < -0.3 is 31.9 Å². The molecule has 770 valence electrons. The number of piperazine rings is 1. The molecule has 11 aliphatic heterocycles. The van der Waals surface area contributed by atoms with Crippen molar-refractivity contribution in [1.29, 1.82) is 0 Å². The molecule has 11 rings (SSSR count). The number of imide groups is 10. The molecule has 0 spiro atoms. The third-order valence-corrected chi connectivity index (χ3v) is 28.0. The van der Waals surface area contributed by atoms with Gasteiger partial charge in [-0.1, -0.05) is 114 Å². The van der Waals surface area contributed by atoms with Gasteiger partial charge in [-0.15, -0.1) is 0 Å². The van der Waals surface area contributed by atoms with Gasteiger partial charge in [0.05, 0.1) is 0 Å². The molecule has 0 aromatic heterocycles. The van der Waals surface area contributed by atoms with Gasteiger partial charge in [0.2, 0.25) is 118 Å². The number of nitrogens with one attached hydrogen (secondary N) is 2. The van der Waals surface area contributed by atoms with Crippen LogP contribution in [0.15, 0.2) is 0 Å². The van der Waals surface area contributed by atoms with Crippen molar-refractivity contribution in [2.45, 2.75) is 268 Å². The van der Waals surface area contributed by atoms with Crippen molar-refractivity contribution in [2.24, 2.45) is 70.6 Å². The summed E-state index contributed by atoms with van der Waals surface area (Å²) in [5.41, 5.74) is 11.1. The number of amides is 20.